The molecule has 1 rings (SSSR count). The van der Waals surface area contributed by atoms with Crippen molar-refractivity contribution in [3.63, 3.8) is 0 Å². The lowest BCUT2D eigenvalue weighted by atomic mass is 10.3. The number of carbonyl (C=O) groups excluding carboxylic acids is 1. The zero-order chi connectivity index (χ0) is 15.3. The summed E-state index contributed by atoms with van der Waals surface area (Å²) in [7, 11) is 0. The summed E-state index contributed by atoms with van der Waals surface area (Å²) in [5.74, 6) is -13.1. The monoisotopic (exact) mass is 295 g/mol. The van der Waals surface area contributed by atoms with Gasteiger partial charge in [0.05, 0.1) is 6.42 Å². The Morgan fingerprint density at radius 3 is 2.00 bits per heavy atom. The van der Waals surface area contributed by atoms with Crippen LogP contribution in [0.2, 0.25) is 0 Å². The molecule has 1 aromatic carbocycles. The fraction of sp³-hybridized carbons (Fsp3) is 0.273. The normalized spacial score (nSPS) is 10.0. The van der Waals surface area contributed by atoms with Gasteiger partial charge in [-0.3, -0.25) is 0 Å². The third kappa shape index (κ3) is 3.34. The Morgan fingerprint density at radius 1 is 1.00 bits per heavy atom. The van der Waals surface area contributed by atoms with Crippen LogP contribution in [0.1, 0.15) is 6.42 Å². The number of carbonyl (C=O) groups is 1. The van der Waals surface area contributed by atoms with Crippen molar-refractivity contribution in [2.45, 2.75) is 6.42 Å². The lowest BCUT2D eigenvalue weighted by Crippen LogP contribution is -2.15. The number of rotatable bonds is 4. The van der Waals surface area contributed by atoms with Crippen LogP contribution in [0.3, 0.4) is 0 Å². The minimum absolute atomic E-state index is 0.0375. The molecule has 0 saturated carbocycles. The first-order valence-electron chi connectivity index (χ1n) is 5.09. The van der Waals surface area contributed by atoms with Crippen LogP contribution in [0.4, 0.5) is 26.7 Å². The van der Waals surface area contributed by atoms with Gasteiger partial charge in [-0.05, 0) is 0 Å². The summed E-state index contributed by atoms with van der Waals surface area (Å²) in [5.41, 5.74) is 0. The Kier molecular flexibility index (Phi) is 5.25. The maximum absolute atomic E-state index is 13.1. The molecule has 0 aliphatic heterocycles. The number of hydrogen-bond donors (Lipinski definition) is 0. The highest BCUT2D eigenvalue weighted by Crippen LogP contribution is 2.29. The Morgan fingerprint density at radius 2 is 1.50 bits per heavy atom. The summed E-state index contributed by atoms with van der Waals surface area (Å²) in [5, 5.41) is 0. The molecule has 9 heteroatoms. The van der Waals surface area contributed by atoms with Crippen molar-refractivity contribution in [2.24, 2.45) is 0 Å². The number of ether oxygens (including phenoxy) is 2. The molecule has 108 valence electrons. The number of halogens is 5. The Bertz CT molecular complexity index is 541. The molecule has 0 unspecified atom stereocenters. The highest BCUT2D eigenvalue weighted by atomic mass is 19.2. The van der Waals surface area contributed by atoms with Crippen LogP contribution in [0.5, 0.6) is 5.75 Å². The second-order valence-electron chi connectivity index (χ2n) is 3.33. The summed E-state index contributed by atoms with van der Waals surface area (Å²) in [6.07, 6.45) is -1.51. The molecule has 0 aliphatic rings. The Hall–Kier alpha value is -2.37. The minimum Gasteiger partial charge on any atom is -0.434 e. The molecule has 0 radical (unpaired) electrons. The van der Waals surface area contributed by atoms with E-state index < -0.39 is 41.0 Å². The van der Waals surface area contributed by atoms with Crippen LogP contribution >= 0.6 is 0 Å². The summed E-state index contributed by atoms with van der Waals surface area (Å²) in [6, 6.07) is 0. The molecule has 0 bridgehead atoms. The lowest BCUT2D eigenvalue weighted by Gasteiger charge is -2.08. The molecule has 1 aromatic rings. The molecule has 20 heavy (non-hydrogen) atoms. The van der Waals surface area contributed by atoms with Crippen molar-refractivity contribution < 1.29 is 36.2 Å². The average Bonchev–Trinajstić information content (AvgIpc) is 2.44. The fourth-order valence-electron chi connectivity index (χ4n) is 1.09. The van der Waals surface area contributed by atoms with Crippen molar-refractivity contribution in [3.8, 4) is 5.75 Å². The first-order valence-corrected chi connectivity index (χ1v) is 5.09. The van der Waals surface area contributed by atoms with Crippen molar-refractivity contribution in [1.82, 2.24) is 0 Å². The standard InChI is InChI=1S/C11H6F5NO3/c1-17-3-2-4-19-11(18)20-10-8(15)6(13)5(12)7(14)9(10)16/h2-4H2. The van der Waals surface area contributed by atoms with Crippen LogP contribution < -0.4 is 4.74 Å². The molecule has 0 spiro atoms. The smallest absolute Gasteiger partial charge is 0.434 e. The molecule has 0 fully saturated rings. The topological polar surface area (TPSA) is 39.9 Å². The number of benzene rings is 1. The van der Waals surface area contributed by atoms with Crippen LogP contribution in [-0.4, -0.2) is 19.3 Å². The van der Waals surface area contributed by atoms with Gasteiger partial charge in [0.2, 0.25) is 41.4 Å². The van der Waals surface area contributed by atoms with Crippen LogP contribution in [-0.2, 0) is 4.74 Å². The van der Waals surface area contributed by atoms with E-state index in [1.165, 1.54) is 0 Å². The molecule has 0 saturated heterocycles. The molecule has 0 aromatic heterocycles. The van der Waals surface area contributed by atoms with Gasteiger partial charge in [0, 0.05) is 0 Å². The third-order valence-electron chi connectivity index (χ3n) is 1.99. The Balaban J connectivity index is 2.83. The van der Waals surface area contributed by atoms with E-state index in [4.69, 9.17) is 6.57 Å². The molecular weight excluding hydrogens is 289 g/mol. The summed E-state index contributed by atoms with van der Waals surface area (Å²) in [6.45, 7) is 6.17. The van der Waals surface area contributed by atoms with Crippen LogP contribution in [0.15, 0.2) is 0 Å². The van der Waals surface area contributed by atoms with Gasteiger partial charge in [0.1, 0.15) is 6.61 Å². The second-order valence-corrected chi connectivity index (χ2v) is 3.33. The largest absolute Gasteiger partial charge is 0.514 e. The maximum atomic E-state index is 13.1. The molecular formula is C11H6F5NO3. The lowest BCUT2D eigenvalue weighted by molar-refractivity contribution is 0.0948. The van der Waals surface area contributed by atoms with E-state index >= 15 is 0 Å². The molecule has 0 heterocycles. The van der Waals surface area contributed by atoms with Gasteiger partial charge in [-0.15, -0.1) is 0 Å². The van der Waals surface area contributed by atoms with E-state index in [0.29, 0.717) is 0 Å². The minimum atomic E-state index is -2.36. The van der Waals surface area contributed by atoms with E-state index in [1.54, 1.807) is 0 Å². The molecule has 4 nitrogen and oxygen atoms in total. The fourth-order valence-corrected chi connectivity index (χ4v) is 1.09. The van der Waals surface area contributed by atoms with Gasteiger partial charge < -0.3 is 14.3 Å². The zero-order valence-electron chi connectivity index (χ0n) is 9.68. The van der Waals surface area contributed by atoms with Crippen molar-refractivity contribution >= 4 is 6.16 Å². The van der Waals surface area contributed by atoms with Crippen molar-refractivity contribution in [2.75, 3.05) is 13.2 Å². The average molecular weight is 295 g/mol. The van der Waals surface area contributed by atoms with Gasteiger partial charge in [-0.1, -0.05) is 0 Å². The molecule has 0 amide bonds. The highest BCUT2D eigenvalue weighted by molar-refractivity contribution is 5.64. The quantitative estimate of drug-likeness (QED) is 0.163. The van der Waals surface area contributed by atoms with E-state index in [-0.39, 0.29) is 19.6 Å². The molecule has 0 N–H and O–H groups in total. The maximum Gasteiger partial charge on any atom is 0.514 e. The number of hydrogen-bond acceptors (Lipinski definition) is 3. The Labute approximate surface area is 109 Å². The first-order chi connectivity index (χ1) is 9.40. The van der Waals surface area contributed by atoms with E-state index in [2.05, 4.69) is 14.3 Å². The van der Waals surface area contributed by atoms with Crippen LogP contribution in [0, 0.1) is 35.7 Å². The third-order valence-corrected chi connectivity index (χ3v) is 1.99. The van der Waals surface area contributed by atoms with E-state index in [0.717, 1.165) is 0 Å². The predicted octanol–water partition coefficient (Wildman–Crippen LogP) is 3.21. The van der Waals surface area contributed by atoms with Crippen molar-refractivity contribution in [3.05, 3.63) is 40.5 Å². The zero-order valence-corrected chi connectivity index (χ0v) is 9.68. The summed E-state index contributed by atoms with van der Waals surface area (Å²) >= 11 is 0. The number of nitrogens with zero attached hydrogens (tertiary/aromatic N) is 1. The predicted molar refractivity (Wildman–Crippen MR) is 54.3 cm³/mol. The van der Waals surface area contributed by atoms with Gasteiger partial charge in [-0.25, -0.2) is 24.5 Å². The molecule has 0 atom stereocenters. The van der Waals surface area contributed by atoms with Gasteiger partial charge in [0.25, 0.3) is 0 Å². The first kappa shape index (κ1) is 15.7. The van der Waals surface area contributed by atoms with Gasteiger partial charge in [-0.2, -0.15) is 8.78 Å². The molecule has 0 aliphatic carbocycles. The summed E-state index contributed by atoms with van der Waals surface area (Å²) < 4.78 is 72.7. The van der Waals surface area contributed by atoms with E-state index in [9.17, 15) is 26.7 Å². The van der Waals surface area contributed by atoms with E-state index in [1.807, 2.05) is 0 Å². The summed E-state index contributed by atoms with van der Waals surface area (Å²) in [4.78, 5) is 13.9. The van der Waals surface area contributed by atoms with Crippen LogP contribution in [0.25, 0.3) is 4.85 Å². The highest BCUT2D eigenvalue weighted by Gasteiger charge is 2.28. The van der Waals surface area contributed by atoms with Gasteiger partial charge in [0.15, 0.2) is 0 Å². The van der Waals surface area contributed by atoms with Gasteiger partial charge >= 0.3 is 6.16 Å². The van der Waals surface area contributed by atoms with Crippen molar-refractivity contribution in [1.29, 1.82) is 0 Å². The second kappa shape index (κ2) is 6.70. The SMILES string of the molecule is [C-]#[N+]CCCOC(=O)Oc1c(F)c(F)c(F)c(F)c1F.